The zero-order valence-electron chi connectivity index (χ0n) is 11.7. The number of hydrogen-bond acceptors (Lipinski definition) is 5. The van der Waals surface area contributed by atoms with Crippen molar-refractivity contribution < 1.29 is 8.42 Å². The molecular weight excluding hydrogens is 280 g/mol. The van der Waals surface area contributed by atoms with Crippen molar-refractivity contribution in [2.45, 2.75) is 31.3 Å². The van der Waals surface area contributed by atoms with Gasteiger partial charge in [0.15, 0.2) is 0 Å². The van der Waals surface area contributed by atoms with Crippen molar-refractivity contribution in [2.24, 2.45) is 0 Å². The Morgan fingerprint density at radius 3 is 2.84 bits per heavy atom. The number of hydrogen-bond donors (Lipinski definition) is 1. The maximum Gasteiger partial charge on any atom is 0.148 e. The second-order valence-corrected chi connectivity index (χ2v) is 7.90. The van der Waals surface area contributed by atoms with E-state index >= 15 is 0 Å². The van der Waals surface area contributed by atoms with Gasteiger partial charge in [0.1, 0.15) is 14.9 Å². The first kappa shape index (κ1) is 16.5. The zero-order chi connectivity index (χ0) is 14.3. The Bertz CT molecular complexity index is 489. The number of nitrogens with one attached hydrogen (secondary N) is 1. The molecule has 0 amide bonds. The molecule has 0 aromatic carbocycles. The summed E-state index contributed by atoms with van der Waals surface area (Å²) in [5, 5.41) is 4.34. The van der Waals surface area contributed by atoms with Crippen molar-refractivity contribution in [1.82, 2.24) is 10.3 Å². The Balaban J connectivity index is 2.67. The van der Waals surface area contributed by atoms with Crippen LogP contribution in [-0.4, -0.2) is 37.7 Å². The minimum atomic E-state index is -2.91. The minimum Gasteiger partial charge on any atom is -0.310 e. The fourth-order valence-electron chi connectivity index (χ4n) is 1.61. The monoisotopic (exact) mass is 302 g/mol. The lowest BCUT2D eigenvalue weighted by Gasteiger charge is -2.16. The first-order valence-electron chi connectivity index (χ1n) is 6.43. The van der Waals surface area contributed by atoms with E-state index < -0.39 is 9.84 Å². The Labute approximate surface area is 120 Å². The van der Waals surface area contributed by atoms with E-state index in [0.717, 1.165) is 23.6 Å². The van der Waals surface area contributed by atoms with Gasteiger partial charge in [-0.1, -0.05) is 13.0 Å². The average Bonchev–Trinajstić information content (AvgIpc) is 2.35. The summed E-state index contributed by atoms with van der Waals surface area (Å²) in [5.74, 6) is 0.730. The van der Waals surface area contributed by atoms with Crippen molar-refractivity contribution in [3.63, 3.8) is 0 Å². The normalized spacial score (nSPS) is 13.4. The molecule has 4 nitrogen and oxygen atoms in total. The van der Waals surface area contributed by atoms with Crippen LogP contribution >= 0.6 is 11.8 Å². The van der Waals surface area contributed by atoms with E-state index in [1.165, 1.54) is 18.0 Å². The molecule has 6 heteroatoms. The predicted molar refractivity (Wildman–Crippen MR) is 81.4 cm³/mol. The van der Waals surface area contributed by atoms with E-state index in [0.29, 0.717) is 5.75 Å². The van der Waals surface area contributed by atoms with Gasteiger partial charge in [-0.25, -0.2) is 13.4 Å². The molecule has 0 saturated carbocycles. The van der Waals surface area contributed by atoms with Gasteiger partial charge in [0.05, 0.1) is 5.75 Å². The molecule has 0 fully saturated rings. The Morgan fingerprint density at radius 1 is 1.47 bits per heavy atom. The minimum absolute atomic E-state index is 0.185. The number of thioether (sulfide) groups is 1. The lowest BCUT2D eigenvalue weighted by molar-refractivity contribution is 0.560. The van der Waals surface area contributed by atoms with Crippen LogP contribution < -0.4 is 5.32 Å². The third-order valence-electron chi connectivity index (χ3n) is 2.66. The van der Waals surface area contributed by atoms with Gasteiger partial charge in [0.25, 0.3) is 0 Å². The van der Waals surface area contributed by atoms with E-state index in [1.54, 1.807) is 6.20 Å². The van der Waals surface area contributed by atoms with Crippen molar-refractivity contribution in [1.29, 1.82) is 0 Å². The summed E-state index contributed by atoms with van der Waals surface area (Å²) in [6.45, 7) is 5.20. The molecule has 0 spiro atoms. The summed E-state index contributed by atoms with van der Waals surface area (Å²) in [7, 11) is -2.91. The maximum atomic E-state index is 11.1. The van der Waals surface area contributed by atoms with E-state index in [9.17, 15) is 8.42 Å². The van der Waals surface area contributed by atoms with E-state index in [1.807, 2.05) is 12.1 Å². The van der Waals surface area contributed by atoms with Crippen LogP contribution in [-0.2, 0) is 9.84 Å². The predicted octanol–water partition coefficient (Wildman–Crippen LogP) is 2.28. The number of aromatic nitrogens is 1. The fourth-order valence-corrected chi connectivity index (χ4v) is 3.90. The van der Waals surface area contributed by atoms with Gasteiger partial charge in [-0.15, -0.1) is 11.8 Å². The lowest BCUT2D eigenvalue weighted by Crippen LogP contribution is -2.20. The van der Waals surface area contributed by atoms with Crippen LogP contribution in [0.4, 0.5) is 0 Å². The zero-order valence-corrected chi connectivity index (χ0v) is 13.4. The molecule has 0 radical (unpaired) electrons. The standard InChI is InChI=1S/C13H22N2O2S2/c1-4-7-14-11(2)12-6-5-8-15-13(12)18-9-10-19(3,16)17/h5-6,8,11,14H,4,7,9-10H2,1-3H3. The second-order valence-electron chi connectivity index (χ2n) is 4.55. The molecule has 0 bridgehead atoms. The van der Waals surface area contributed by atoms with Gasteiger partial charge < -0.3 is 5.32 Å². The third-order valence-corrected chi connectivity index (χ3v) is 4.89. The highest BCUT2D eigenvalue weighted by Gasteiger charge is 2.12. The number of rotatable bonds is 8. The SMILES string of the molecule is CCCNC(C)c1cccnc1SCCS(C)(=O)=O. The summed E-state index contributed by atoms with van der Waals surface area (Å²) in [6, 6.07) is 4.19. The topological polar surface area (TPSA) is 59.1 Å². The van der Waals surface area contributed by atoms with Gasteiger partial charge in [-0.3, -0.25) is 0 Å². The van der Waals surface area contributed by atoms with Crippen LogP contribution in [0.15, 0.2) is 23.4 Å². The molecule has 1 aromatic heterocycles. The quantitative estimate of drug-likeness (QED) is 0.747. The highest BCUT2D eigenvalue weighted by atomic mass is 32.2. The molecule has 0 aliphatic heterocycles. The first-order valence-corrected chi connectivity index (χ1v) is 9.47. The van der Waals surface area contributed by atoms with E-state index in [4.69, 9.17) is 0 Å². The lowest BCUT2D eigenvalue weighted by atomic mass is 10.1. The summed E-state index contributed by atoms with van der Waals surface area (Å²) in [4.78, 5) is 4.36. The van der Waals surface area contributed by atoms with Crippen LogP contribution in [0.25, 0.3) is 0 Å². The summed E-state index contributed by atoms with van der Waals surface area (Å²) in [6.07, 6.45) is 4.10. The van der Waals surface area contributed by atoms with Crippen LogP contribution in [0.3, 0.4) is 0 Å². The fraction of sp³-hybridized carbons (Fsp3) is 0.615. The van der Waals surface area contributed by atoms with Crippen molar-refractivity contribution in [2.75, 3.05) is 24.3 Å². The smallest absolute Gasteiger partial charge is 0.148 e. The largest absolute Gasteiger partial charge is 0.310 e. The van der Waals surface area contributed by atoms with Crippen molar-refractivity contribution in [3.8, 4) is 0 Å². The molecule has 1 rings (SSSR count). The van der Waals surface area contributed by atoms with Gasteiger partial charge in [-0.05, 0) is 26.0 Å². The van der Waals surface area contributed by atoms with Crippen LogP contribution in [0.2, 0.25) is 0 Å². The molecule has 108 valence electrons. The first-order chi connectivity index (χ1) is 8.94. The summed E-state index contributed by atoms with van der Waals surface area (Å²) < 4.78 is 22.3. The molecule has 1 atom stereocenters. The highest BCUT2D eigenvalue weighted by Crippen LogP contribution is 2.25. The van der Waals surface area contributed by atoms with Crippen LogP contribution in [0.1, 0.15) is 31.9 Å². The van der Waals surface area contributed by atoms with Crippen LogP contribution in [0, 0.1) is 0 Å². The van der Waals surface area contributed by atoms with Gasteiger partial charge in [-0.2, -0.15) is 0 Å². The van der Waals surface area contributed by atoms with Gasteiger partial charge >= 0.3 is 0 Å². The molecule has 0 aliphatic rings. The van der Waals surface area contributed by atoms with E-state index in [2.05, 4.69) is 24.1 Å². The number of nitrogens with zero attached hydrogens (tertiary/aromatic N) is 1. The molecule has 0 saturated heterocycles. The van der Waals surface area contributed by atoms with Crippen molar-refractivity contribution in [3.05, 3.63) is 23.9 Å². The number of pyridine rings is 1. The Hall–Kier alpha value is -0.590. The molecule has 1 heterocycles. The Kier molecular flexibility index (Phi) is 6.82. The molecule has 1 N–H and O–H groups in total. The Morgan fingerprint density at radius 2 is 2.21 bits per heavy atom. The maximum absolute atomic E-state index is 11.1. The third kappa shape index (κ3) is 6.40. The molecular formula is C13H22N2O2S2. The van der Waals surface area contributed by atoms with Gasteiger partial charge in [0, 0.05) is 29.8 Å². The van der Waals surface area contributed by atoms with E-state index in [-0.39, 0.29) is 11.8 Å². The molecule has 1 unspecified atom stereocenters. The summed E-state index contributed by atoms with van der Waals surface area (Å²) in [5.41, 5.74) is 1.13. The second kappa shape index (κ2) is 7.87. The molecule has 1 aromatic rings. The van der Waals surface area contributed by atoms with Crippen molar-refractivity contribution >= 4 is 21.6 Å². The average molecular weight is 302 g/mol. The van der Waals surface area contributed by atoms with Crippen LogP contribution in [0.5, 0.6) is 0 Å². The van der Waals surface area contributed by atoms with Gasteiger partial charge in [0.2, 0.25) is 0 Å². The molecule has 19 heavy (non-hydrogen) atoms. The highest BCUT2D eigenvalue weighted by molar-refractivity contribution is 8.00. The molecule has 0 aliphatic carbocycles. The summed E-state index contributed by atoms with van der Waals surface area (Å²) >= 11 is 1.51. The number of sulfone groups is 1.